The molecular weight excluding hydrogens is 713 g/mol. The number of rotatable bonds is 10. The smallest absolute Gasteiger partial charge is 0.146 e. The summed E-state index contributed by atoms with van der Waals surface area (Å²) in [6.45, 7) is 5.46. The third-order valence-electron chi connectivity index (χ3n) is 10.5. The number of likely N-dealkylation sites (N-methyl/N-ethyl adjacent to an activating group) is 1. The van der Waals surface area contributed by atoms with Gasteiger partial charge in [-0.05, 0) is 102 Å². The van der Waals surface area contributed by atoms with Crippen LogP contribution < -0.4 is 19.1 Å². The normalized spacial score (nSPS) is 13.0. The Morgan fingerprint density at radius 1 is 0.544 bits per heavy atom. The maximum absolute atomic E-state index is 5.37. The molecular formula is C46H46N8O3. The SMILES string of the molecule is COc1ccc(-c2cc3cncnc3n2Cc2ccccc2)cc1.COc1ccc(Cn2c(-c3ccc(OC)cc3)cc3c(N4CCN(C)CC4)ncnc32)cc1. The summed E-state index contributed by atoms with van der Waals surface area (Å²) in [6.07, 6.45) is 5.15. The summed E-state index contributed by atoms with van der Waals surface area (Å²) in [6, 6.07) is 39.3. The van der Waals surface area contributed by atoms with E-state index in [0.717, 1.165) is 100 Å². The van der Waals surface area contributed by atoms with Crippen molar-refractivity contribution < 1.29 is 14.2 Å². The number of hydrogen-bond donors (Lipinski definition) is 0. The van der Waals surface area contributed by atoms with Gasteiger partial charge in [0.2, 0.25) is 0 Å². The van der Waals surface area contributed by atoms with Gasteiger partial charge in [-0.3, -0.25) is 0 Å². The zero-order valence-corrected chi connectivity index (χ0v) is 32.7. The predicted octanol–water partition coefficient (Wildman–Crippen LogP) is 8.07. The average Bonchev–Trinajstić information content (AvgIpc) is 3.83. The lowest BCUT2D eigenvalue weighted by molar-refractivity contribution is 0.312. The van der Waals surface area contributed by atoms with Gasteiger partial charge in [0.1, 0.15) is 47.0 Å². The third-order valence-corrected chi connectivity index (χ3v) is 10.5. The van der Waals surface area contributed by atoms with Crippen LogP contribution in [0, 0.1) is 0 Å². The van der Waals surface area contributed by atoms with Gasteiger partial charge in [0, 0.05) is 50.9 Å². The van der Waals surface area contributed by atoms with Crippen LogP contribution in [0.4, 0.5) is 5.82 Å². The van der Waals surface area contributed by atoms with E-state index >= 15 is 0 Å². The van der Waals surface area contributed by atoms with E-state index in [-0.39, 0.29) is 0 Å². The van der Waals surface area contributed by atoms with Crippen LogP contribution in [0.5, 0.6) is 17.2 Å². The van der Waals surface area contributed by atoms with E-state index in [9.17, 15) is 0 Å². The highest BCUT2D eigenvalue weighted by atomic mass is 16.5. The minimum atomic E-state index is 0.702. The number of piperazine rings is 1. The molecule has 4 aromatic heterocycles. The molecule has 8 aromatic rings. The van der Waals surface area contributed by atoms with Crippen molar-refractivity contribution in [1.82, 2.24) is 34.0 Å². The molecule has 4 aromatic carbocycles. The fraction of sp³-hybridized carbons (Fsp3) is 0.217. The van der Waals surface area contributed by atoms with Crippen molar-refractivity contribution in [2.45, 2.75) is 13.1 Å². The maximum atomic E-state index is 5.37. The highest BCUT2D eigenvalue weighted by Crippen LogP contribution is 2.34. The van der Waals surface area contributed by atoms with Crippen molar-refractivity contribution in [3.05, 3.63) is 145 Å². The number of fused-ring (bicyclic) bond motifs is 2. The number of benzene rings is 4. The van der Waals surface area contributed by atoms with Gasteiger partial charge in [-0.2, -0.15) is 0 Å². The van der Waals surface area contributed by atoms with Gasteiger partial charge in [0.25, 0.3) is 0 Å². The molecule has 57 heavy (non-hydrogen) atoms. The van der Waals surface area contributed by atoms with E-state index < -0.39 is 0 Å². The summed E-state index contributed by atoms with van der Waals surface area (Å²) in [5.74, 6) is 3.56. The predicted molar refractivity (Wildman–Crippen MR) is 226 cm³/mol. The van der Waals surface area contributed by atoms with Gasteiger partial charge in [0.15, 0.2) is 0 Å². The number of ether oxygens (including phenoxy) is 3. The van der Waals surface area contributed by atoms with E-state index in [2.05, 4.69) is 109 Å². The number of hydrogen-bond acceptors (Lipinski definition) is 9. The van der Waals surface area contributed by atoms with E-state index in [1.807, 2.05) is 48.7 Å². The van der Waals surface area contributed by atoms with E-state index in [0.29, 0.717) is 6.54 Å². The van der Waals surface area contributed by atoms with E-state index in [1.54, 1.807) is 34.0 Å². The summed E-state index contributed by atoms with van der Waals surface area (Å²) in [5.41, 5.74) is 8.79. The van der Waals surface area contributed by atoms with Crippen LogP contribution in [0.15, 0.2) is 134 Å². The molecule has 1 fully saturated rings. The summed E-state index contributed by atoms with van der Waals surface area (Å²) in [5, 5.41) is 2.13. The quantitative estimate of drug-likeness (QED) is 0.137. The Morgan fingerprint density at radius 2 is 1.07 bits per heavy atom. The van der Waals surface area contributed by atoms with Crippen LogP contribution in [0.25, 0.3) is 44.6 Å². The molecule has 11 heteroatoms. The Hall–Kier alpha value is -6.72. The minimum Gasteiger partial charge on any atom is -0.497 e. The van der Waals surface area contributed by atoms with Crippen LogP contribution in [0.3, 0.4) is 0 Å². The van der Waals surface area contributed by atoms with Crippen molar-refractivity contribution >= 4 is 27.9 Å². The molecule has 9 rings (SSSR count). The lowest BCUT2D eigenvalue weighted by atomic mass is 10.1. The second-order valence-corrected chi connectivity index (χ2v) is 14.0. The zero-order chi connectivity index (χ0) is 39.1. The van der Waals surface area contributed by atoms with Gasteiger partial charge >= 0.3 is 0 Å². The summed E-state index contributed by atoms with van der Waals surface area (Å²) in [4.78, 5) is 22.8. The number of anilines is 1. The molecule has 0 bridgehead atoms. The van der Waals surface area contributed by atoms with Gasteiger partial charge in [0.05, 0.1) is 38.1 Å². The van der Waals surface area contributed by atoms with Crippen LogP contribution in [-0.2, 0) is 13.1 Å². The number of nitrogens with zero attached hydrogens (tertiary/aromatic N) is 8. The molecule has 0 aliphatic carbocycles. The molecule has 11 nitrogen and oxygen atoms in total. The topological polar surface area (TPSA) is 95.6 Å². The highest BCUT2D eigenvalue weighted by molar-refractivity contribution is 5.93. The van der Waals surface area contributed by atoms with Crippen LogP contribution in [0.2, 0.25) is 0 Å². The van der Waals surface area contributed by atoms with Crippen LogP contribution >= 0.6 is 0 Å². The van der Waals surface area contributed by atoms with Gasteiger partial charge in [-0.25, -0.2) is 19.9 Å². The summed E-state index contributed by atoms with van der Waals surface area (Å²) >= 11 is 0. The Balaban J connectivity index is 0.000000168. The Morgan fingerprint density at radius 3 is 1.67 bits per heavy atom. The number of aromatic nitrogens is 6. The van der Waals surface area contributed by atoms with E-state index in [4.69, 9.17) is 24.2 Å². The first-order valence-corrected chi connectivity index (χ1v) is 19.0. The average molecular weight is 759 g/mol. The molecule has 1 saturated heterocycles. The molecule has 0 N–H and O–H groups in total. The van der Waals surface area contributed by atoms with Crippen molar-refractivity contribution in [3.8, 4) is 39.8 Å². The summed E-state index contributed by atoms with van der Waals surface area (Å²) < 4.78 is 20.5. The largest absolute Gasteiger partial charge is 0.497 e. The van der Waals surface area contributed by atoms with Crippen molar-refractivity contribution in [2.75, 3.05) is 59.5 Å². The minimum absolute atomic E-state index is 0.702. The number of methoxy groups -OCH3 is 3. The third kappa shape index (κ3) is 8.15. The molecule has 0 radical (unpaired) electrons. The van der Waals surface area contributed by atoms with Gasteiger partial charge < -0.3 is 33.1 Å². The lowest BCUT2D eigenvalue weighted by Crippen LogP contribution is -2.44. The Bertz CT molecular complexity index is 2540. The standard InChI is InChI=1S/C26H29N5O2.C20H17N3O/c1-29-12-14-30(15-13-29)25-23-16-24(20-6-10-22(33-3)11-7-20)31(26(23)28-18-27-25)17-19-4-8-21(32-2)9-5-19;1-24-18-9-7-16(8-10-18)19-11-17-12-21-14-22-20(17)23(19)13-15-5-3-2-4-6-15/h4-11,16,18H,12-15,17H2,1-3H3;2-12,14H,13H2,1H3. The second kappa shape index (κ2) is 17.0. The molecule has 0 amide bonds. The Labute approximate surface area is 332 Å². The first kappa shape index (κ1) is 37.2. The fourth-order valence-corrected chi connectivity index (χ4v) is 7.32. The van der Waals surface area contributed by atoms with Crippen molar-refractivity contribution in [3.63, 3.8) is 0 Å². The molecule has 1 aliphatic rings. The van der Waals surface area contributed by atoms with Gasteiger partial charge in [-0.1, -0.05) is 42.5 Å². The fourth-order valence-electron chi connectivity index (χ4n) is 7.32. The van der Waals surface area contributed by atoms with Crippen LogP contribution in [-0.4, -0.2) is 88.5 Å². The molecule has 0 atom stereocenters. The highest BCUT2D eigenvalue weighted by Gasteiger charge is 2.22. The Kier molecular flexibility index (Phi) is 11.1. The second-order valence-electron chi connectivity index (χ2n) is 14.0. The van der Waals surface area contributed by atoms with Gasteiger partial charge in [-0.15, -0.1) is 0 Å². The summed E-state index contributed by atoms with van der Waals surface area (Å²) in [7, 11) is 7.22. The zero-order valence-electron chi connectivity index (χ0n) is 32.7. The van der Waals surface area contributed by atoms with Crippen LogP contribution in [0.1, 0.15) is 11.1 Å². The maximum Gasteiger partial charge on any atom is 0.146 e. The molecule has 0 spiro atoms. The van der Waals surface area contributed by atoms with E-state index in [1.165, 1.54) is 11.1 Å². The molecule has 5 heterocycles. The van der Waals surface area contributed by atoms with Crippen molar-refractivity contribution in [1.29, 1.82) is 0 Å². The first-order valence-electron chi connectivity index (χ1n) is 19.0. The molecule has 0 saturated carbocycles. The lowest BCUT2D eigenvalue weighted by Gasteiger charge is -2.33. The molecule has 1 aliphatic heterocycles. The molecule has 0 unspecified atom stereocenters. The van der Waals surface area contributed by atoms with Crippen molar-refractivity contribution in [2.24, 2.45) is 0 Å². The first-order chi connectivity index (χ1) is 28.0. The monoisotopic (exact) mass is 758 g/mol. The molecule has 288 valence electrons.